The lowest BCUT2D eigenvalue weighted by Gasteiger charge is -2.31. The van der Waals surface area contributed by atoms with E-state index in [1.54, 1.807) is 6.07 Å². The van der Waals surface area contributed by atoms with Gasteiger partial charge in [0.25, 0.3) is 0 Å². The van der Waals surface area contributed by atoms with Crippen LogP contribution in [0.2, 0.25) is 5.02 Å². The molecule has 0 spiro atoms. The van der Waals surface area contributed by atoms with Gasteiger partial charge in [0, 0.05) is 34.7 Å². The van der Waals surface area contributed by atoms with Gasteiger partial charge >= 0.3 is 0 Å². The van der Waals surface area contributed by atoms with Gasteiger partial charge in [-0.15, -0.1) is 0 Å². The third-order valence-corrected chi connectivity index (χ3v) is 6.15. The van der Waals surface area contributed by atoms with Crippen LogP contribution in [0.15, 0.2) is 42.5 Å². The number of nitrogens with zero attached hydrogens (tertiary/aromatic N) is 2. The largest absolute Gasteiger partial charge is 0.357 e. The number of halogens is 2. The normalized spacial score (nSPS) is 14.9. The number of rotatable bonds is 4. The standard InChI is InChI=1S/C24H25ClFN3O/c1-15-8-10-29(11-9-15)23-12-16(2)18-13-17(6-7-22(18)28-23)27-24(30)14-19-20(25)4-3-5-21(19)26/h3-7,12-13,15H,8-11,14H2,1-2H3,(H,27,30). The zero-order valence-electron chi connectivity index (χ0n) is 17.2. The van der Waals surface area contributed by atoms with Crippen LogP contribution >= 0.6 is 11.6 Å². The minimum absolute atomic E-state index is 0.118. The monoisotopic (exact) mass is 425 g/mol. The van der Waals surface area contributed by atoms with Crippen molar-refractivity contribution in [3.63, 3.8) is 0 Å². The van der Waals surface area contributed by atoms with Crippen LogP contribution in [-0.2, 0) is 11.2 Å². The van der Waals surface area contributed by atoms with Crippen LogP contribution in [0.4, 0.5) is 15.9 Å². The van der Waals surface area contributed by atoms with Gasteiger partial charge in [-0.3, -0.25) is 4.79 Å². The van der Waals surface area contributed by atoms with Crippen molar-refractivity contribution in [3.8, 4) is 0 Å². The molecule has 1 fully saturated rings. The van der Waals surface area contributed by atoms with Crippen molar-refractivity contribution in [2.24, 2.45) is 5.92 Å². The molecule has 4 rings (SSSR count). The quantitative estimate of drug-likeness (QED) is 0.578. The number of hydrogen-bond acceptors (Lipinski definition) is 3. The number of aromatic nitrogens is 1. The zero-order valence-corrected chi connectivity index (χ0v) is 18.0. The number of nitrogens with one attached hydrogen (secondary N) is 1. The lowest BCUT2D eigenvalue weighted by molar-refractivity contribution is -0.115. The number of anilines is 2. The Labute approximate surface area is 181 Å². The average molecular weight is 426 g/mol. The summed E-state index contributed by atoms with van der Waals surface area (Å²) >= 11 is 6.03. The molecular formula is C24H25ClFN3O. The van der Waals surface area contributed by atoms with Gasteiger partial charge in [-0.2, -0.15) is 0 Å². The molecule has 3 aromatic rings. The Balaban J connectivity index is 1.52. The zero-order chi connectivity index (χ0) is 21.3. The van der Waals surface area contributed by atoms with Gasteiger partial charge in [0.1, 0.15) is 11.6 Å². The fourth-order valence-corrected chi connectivity index (χ4v) is 4.15. The van der Waals surface area contributed by atoms with Crippen LogP contribution in [0.1, 0.15) is 30.9 Å². The smallest absolute Gasteiger partial charge is 0.228 e. The number of amides is 1. The van der Waals surface area contributed by atoms with Crippen LogP contribution < -0.4 is 10.2 Å². The van der Waals surface area contributed by atoms with Crippen molar-refractivity contribution >= 4 is 39.9 Å². The van der Waals surface area contributed by atoms with Crippen LogP contribution in [0.3, 0.4) is 0 Å². The van der Waals surface area contributed by atoms with E-state index in [-0.39, 0.29) is 22.9 Å². The first kappa shape index (κ1) is 20.6. The molecule has 0 atom stereocenters. The highest BCUT2D eigenvalue weighted by atomic mass is 35.5. The third-order valence-electron chi connectivity index (χ3n) is 5.79. The van der Waals surface area contributed by atoms with E-state index in [2.05, 4.69) is 30.1 Å². The summed E-state index contributed by atoms with van der Waals surface area (Å²) < 4.78 is 13.9. The van der Waals surface area contributed by atoms with Crippen molar-refractivity contribution in [3.05, 3.63) is 64.4 Å². The molecule has 0 unspecified atom stereocenters. The van der Waals surface area contributed by atoms with Gasteiger partial charge in [-0.25, -0.2) is 9.37 Å². The highest BCUT2D eigenvalue weighted by Gasteiger charge is 2.18. The van der Waals surface area contributed by atoms with Gasteiger partial charge in [0.05, 0.1) is 11.9 Å². The van der Waals surface area contributed by atoms with E-state index in [0.717, 1.165) is 41.3 Å². The molecular weight excluding hydrogens is 401 g/mol. The fourth-order valence-electron chi connectivity index (χ4n) is 3.92. The van der Waals surface area contributed by atoms with E-state index in [1.165, 1.54) is 25.0 Å². The SMILES string of the molecule is Cc1cc(N2CCC(C)CC2)nc2ccc(NC(=O)Cc3c(F)cccc3Cl)cc12. The molecule has 1 N–H and O–H groups in total. The van der Waals surface area contributed by atoms with Crippen LogP contribution in [-0.4, -0.2) is 24.0 Å². The molecule has 156 valence electrons. The second-order valence-corrected chi connectivity index (χ2v) is 8.53. The summed E-state index contributed by atoms with van der Waals surface area (Å²) in [6, 6.07) is 12.2. The topological polar surface area (TPSA) is 45.2 Å². The lowest BCUT2D eigenvalue weighted by atomic mass is 9.99. The number of piperidine rings is 1. The van der Waals surface area contributed by atoms with Crippen molar-refractivity contribution < 1.29 is 9.18 Å². The Morgan fingerprint density at radius 1 is 1.23 bits per heavy atom. The Morgan fingerprint density at radius 2 is 2.00 bits per heavy atom. The first-order valence-corrected chi connectivity index (χ1v) is 10.7. The summed E-state index contributed by atoms with van der Waals surface area (Å²) in [5.41, 5.74) is 2.88. The van der Waals surface area contributed by atoms with Crippen LogP contribution in [0.5, 0.6) is 0 Å². The maximum atomic E-state index is 13.9. The van der Waals surface area contributed by atoms with Gasteiger partial charge < -0.3 is 10.2 Å². The van der Waals surface area contributed by atoms with Crippen LogP contribution in [0, 0.1) is 18.7 Å². The summed E-state index contributed by atoms with van der Waals surface area (Å²) in [5, 5.41) is 4.09. The number of aryl methyl sites for hydroxylation is 1. The van der Waals surface area contributed by atoms with Gasteiger partial charge in [-0.1, -0.05) is 24.6 Å². The molecule has 1 saturated heterocycles. The van der Waals surface area contributed by atoms with Crippen LogP contribution in [0.25, 0.3) is 10.9 Å². The van der Waals surface area contributed by atoms with E-state index in [0.29, 0.717) is 5.69 Å². The maximum absolute atomic E-state index is 13.9. The van der Waals surface area contributed by atoms with E-state index < -0.39 is 5.82 Å². The van der Waals surface area contributed by atoms with E-state index in [4.69, 9.17) is 16.6 Å². The fraction of sp³-hybridized carbons (Fsp3) is 0.333. The Bertz CT molecular complexity index is 1070. The molecule has 0 aliphatic carbocycles. The van der Waals surface area contributed by atoms with Crippen molar-refractivity contribution in [1.82, 2.24) is 4.98 Å². The minimum Gasteiger partial charge on any atom is -0.357 e. The number of hydrogen-bond donors (Lipinski definition) is 1. The highest BCUT2D eigenvalue weighted by Crippen LogP contribution is 2.28. The van der Waals surface area contributed by atoms with Crippen molar-refractivity contribution in [2.45, 2.75) is 33.1 Å². The third kappa shape index (κ3) is 4.41. The van der Waals surface area contributed by atoms with Crippen molar-refractivity contribution in [2.75, 3.05) is 23.3 Å². The average Bonchev–Trinajstić information content (AvgIpc) is 2.72. The molecule has 2 aromatic carbocycles. The molecule has 1 aliphatic rings. The molecule has 0 saturated carbocycles. The molecule has 2 heterocycles. The molecule has 1 amide bonds. The highest BCUT2D eigenvalue weighted by molar-refractivity contribution is 6.31. The molecule has 4 nitrogen and oxygen atoms in total. The summed E-state index contributed by atoms with van der Waals surface area (Å²) in [6.45, 7) is 6.43. The first-order chi connectivity index (χ1) is 14.4. The number of benzene rings is 2. The molecule has 0 bridgehead atoms. The van der Waals surface area contributed by atoms with E-state index >= 15 is 0 Å². The second kappa shape index (κ2) is 8.60. The Morgan fingerprint density at radius 3 is 2.73 bits per heavy atom. The Kier molecular flexibility index (Phi) is 5.91. The summed E-state index contributed by atoms with van der Waals surface area (Å²) in [4.78, 5) is 19.6. The second-order valence-electron chi connectivity index (χ2n) is 8.12. The van der Waals surface area contributed by atoms with Gasteiger partial charge in [-0.05, 0) is 67.6 Å². The Hall–Kier alpha value is -2.66. The minimum atomic E-state index is -0.476. The summed E-state index contributed by atoms with van der Waals surface area (Å²) in [7, 11) is 0. The molecule has 1 aliphatic heterocycles. The predicted molar refractivity (Wildman–Crippen MR) is 121 cm³/mol. The number of carbonyl (C=O) groups excluding carboxylic acids is 1. The van der Waals surface area contributed by atoms with Gasteiger partial charge in [0.15, 0.2) is 0 Å². The number of pyridine rings is 1. The summed E-state index contributed by atoms with van der Waals surface area (Å²) in [5.74, 6) is 0.993. The number of carbonyl (C=O) groups is 1. The van der Waals surface area contributed by atoms with E-state index in [1.807, 2.05) is 18.2 Å². The lowest BCUT2D eigenvalue weighted by Crippen LogP contribution is -2.33. The van der Waals surface area contributed by atoms with Crippen molar-refractivity contribution in [1.29, 1.82) is 0 Å². The molecule has 6 heteroatoms. The maximum Gasteiger partial charge on any atom is 0.228 e. The summed E-state index contributed by atoms with van der Waals surface area (Å²) in [6.07, 6.45) is 2.26. The predicted octanol–water partition coefficient (Wildman–Crippen LogP) is 5.75. The number of fused-ring (bicyclic) bond motifs is 1. The van der Waals surface area contributed by atoms with Gasteiger partial charge in [0.2, 0.25) is 5.91 Å². The molecule has 30 heavy (non-hydrogen) atoms. The first-order valence-electron chi connectivity index (χ1n) is 10.3. The van der Waals surface area contributed by atoms with E-state index in [9.17, 15) is 9.18 Å². The molecule has 0 radical (unpaired) electrons. The molecule has 1 aromatic heterocycles.